The van der Waals surface area contributed by atoms with E-state index in [0.29, 0.717) is 36.9 Å². The van der Waals surface area contributed by atoms with Crippen molar-refractivity contribution in [2.75, 3.05) is 31.6 Å². The minimum atomic E-state index is -0.264. The van der Waals surface area contributed by atoms with Gasteiger partial charge in [-0.25, -0.2) is 9.40 Å². The zero-order valence-electron chi connectivity index (χ0n) is 22.5. The summed E-state index contributed by atoms with van der Waals surface area (Å²) in [7, 11) is 1.68. The van der Waals surface area contributed by atoms with Gasteiger partial charge in [0.25, 0.3) is 5.91 Å². The summed E-state index contributed by atoms with van der Waals surface area (Å²) in [5, 5.41) is 10.3. The third kappa shape index (κ3) is 6.36. The van der Waals surface area contributed by atoms with E-state index < -0.39 is 0 Å². The molecule has 38 heavy (non-hydrogen) atoms. The number of benzene rings is 2. The van der Waals surface area contributed by atoms with Crippen LogP contribution < -0.4 is 10.2 Å². The van der Waals surface area contributed by atoms with Crippen molar-refractivity contribution in [3.05, 3.63) is 64.8 Å². The molecule has 2 amide bonds. The van der Waals surface area contributed by atoms with Gasteiger partial charge in [0.2, 0.25) is 17.6 Å². The standard InChI is InChI=1S/C28H35FN6O3/c1-5-6-7-13-30-26(36)17-34(25-12-11-21(14-19(25)2)28-31-20(3)38-32-28)18-27(37)33(4)35-15-22-9-8-10-24(29)23(22)16-35/h8-12,14H,5-7,13,15-18H2,1-4H3,(H,30,36). The number of unbranched alkanes of at least 4 members (excludes halogenated alkanes) is 2. The molecular weight excluding hydrogens is 487 g/mol. The number of hydrazine groups is 1. The molecule has 0 saturated carbocycles. The first-order chi connectivity index (χ1) is 18.3. The number of fused-ring (bicyclic) bond motifs is 1. The quantitative estimate of drug-likeness (QED) is 0.381. The number of carbonyl (C=O) groups excluding carboxylic acids is 2. The van der Waals surface area contributed by atoms with Crippen molar-refractivity contribution >= 4 is 17.5 Å². The van der Waals surface area contributed by atoms with Gasteiger partial charge in [-0.3, -0.25) is 14.6 Å². The number of amides is 2. The zero-order chi connectivity index (χ0) is 27.2. The molecule has 0 bridgehead atoms. The Morgan fingerprint density at radius 3 is 2.63 bits per heavy atom. The summed E-state index contributed by atoms with van der Waals surface area (Å²) in [6.07, 6.45) is 3.02. The van der Waals surface area contributed by atoms with Gasteiger partial charge in [0, 0.05) is 50.4 Å². The first kappa shape index (κ1) is 27.3. The van der Waals surface area contributed by atoms with E-state index in [1.807, 2.05) is 36.2 Å². The number of nitrogens with one attached hydrogen (secondary N) is 1. The maximum absolute atomic E-state index is 14.3. The van der Waals surface area contributed by atoms with E-state index in [-0.39, 0.29) is 30.7 Å². The number of halogens is 1. The lowest BCUT2D eigenvalue weighted by atomic mass is 10.1. The van der Waals surface area contributed by atoms with Gasteiger partial charge in [-0.05, 0) is 48.7 Å². The van der Waals surface area contributed by atoms with Crippen molar-refractivity contribution in [1.82, 2.24) is 25.5 Å². The van der Waals surface area contributed by atoms with Crippen LogP contribution in [0.25, 0.3) is 11.4 Å². The molecule has 0 spiro atoms. The first-order valence-corrected chi connectivity index (χ1v) is 13.0. The number of aromatic nitrogens is 2. The Balaban J connectivity index is 1.50. The Kier molecular flexibility index (Phi) is 8.73. The van der Waals surface area contributed by atoms with Crippen molar-refractivity contribution in [3.63, 3.8) is 0 Å². The molecule has 0 saturated heterocycles. The lowest BCUT2D eigenvalue weighted by Gasteiger charge is -2.32. The van der Waals surface area contributed by atoms with E-state index in [9.17, 15) is 14.0 Å². The number of hydrogen-bond donors (Lipinski definition) is 1. The summed E-state index contributed by atoms with van der Waals surface area (Å²) in [6.45, 7) is 7.14. The first-order valence-electron chi connectivity index (χ1n) is 13.0. The number of carbonyl (C=O) groups is 2. The second-order valence-corrected chi connectivity index (χ2v) is 9.67. The van der Waals surface area contributed by atoms with Gasteiger partial charge >= 0.3 is 0 Å². The van der Waals surface area contributed by atoms with Gasteiger partial charge in [0.15, 0.2) is 0 Å². The summed E-state index contributed by atoms with van der Waals surface area (Å²) in [5.74, 6) is 0.341. The van der Waals surface area contributed by atoms with Crippen LogP contribution in [0.5, 0.6) is 0 Å². The van der Waals surface area contributed by atoms with Gasteiger partial charge in [-0.2, -0.15) is 4.98 Å². The highest BCUT2D eigenvalue weighted by Gasteiger charge is 2.28. The molecule has 2 aromatic carbocycles. The molecular formula is C28H35FN6O3. The van der Waals surface area contributed by atoms with Crippen LogP contribution in [0.3, 0.4) is 0 Å². The number of anilines is 1. The highest BCUT2D eigenvalue weighted by Crippen LogP contribution is 2.28. The van der Waals surface area contributed by atoms with Crippen molar-refractivity contribution in [3.8, 4) is 11.4 Å². The maximum atomic E-state index is 14.3. The molecule has 1 aliphatic heterocycles. The van der Waals surface area contributed by atoms with Gasteiger partial charge in [0.1, 0.15) is 5.82 Å². The van der Waals surface area contributed by atoms with Gasteiger partial charge in [-0.1, -0.05) is 37.1 Å². The minimum Gasteiger partial charge on any atom is -0.355 e. The number of hydrogen-bond acceptors (Lipinski definition) is 7. The lowest BCUT2D eigenvalue weighted by Crippen LogP contribution is -2.48. The highest BCUT2D eigenvalue weighted by molar-refractivity contribution is 5.87. The second-order valence-electron chi connectivity index (χ2n) is 9.67. The number of nitrogens with zero attached hydrogens (tertiary/aromatic N) is 5. The molecule has 1 N–H and O–H groups in total. The predicted octanol–water partition coefficient (Wildman–Crippen LogP) is 3.99. The van der Waals surface area contributed by atoms with Gasteiger partial charge < -0.3 is 14.7 Å². The fourth-order valence-corrected chi connectivity index (χ4v) is 4.62. The van der Waals surface area contributed by atoms with Crippen LogP contribution in [0.4, 0.5) is 10.1 Å². The van der Waals surface area contributed by atoms with Crippen molar-refractivity contribution in [2.24, 2.45) is 0 Å². The number of aryl methyl sites for hydroxylation is 2. The Morgan fingerprint density at radius 2 is 1.95 bits per heavy atom. The summed E-state index contributed by atoms with van der Waals surface area (Å²) in [5.41, 5.74) is 3.90. The SMILES string of the molecule is CCCCCNC(=O)CN(CC(=O)N(C)N1Cc2cccc(F)c2C1)c1ccc(-c2noc(C)n2)cc1C. The molecule has 0 aliphatic carbocycles. The van der Waals surface area contributed by atoms with Crippen LogP contribution in [-0.2, 0) is 22.7 Å². The molecule has 0 radical (unpaired) electrons. The summed E-state index contributed by atoms with van der Waals surface area (Å²) < 4.78 is 19.4. The summed E-state index contributed by atoms with van der Waals surface area (Å²) >= 11 is 0. The Bertz CT molecular complexity index is 1290. The average molecular weight is 523 g/mol. The second kappa shape index (κ2) is 12.2. The smallest absolute Gasteiger partial charge is 0.256 e. The molecule has 1 aromatic heterocycles. The van der Waals surface area contributed by atoms with Crippen LogP contribution in [0.2, 0.25) is 0 Å². The van der Waals surface area contributed by atoms with E-state index in [1.54, 1.807) is 24.9 Å². The summed E-state index contributed by atoms with van der Waals surface area (Å²) in [4.78, 5) is 32.3. The van der Waals surface area contributed by atoms with Crippen LogP contribution in [0.15, 0.2) is 40.9 Å². The Labute approximate surface area is 222 Å². The van der Waals surface area contributed by atoms with Crippen molar-refractivity contribution in [1.29, 1.82) is 0 Å². The van der Waals surface area contributed by atoms with E-state index in [4.69, 9.17) is 4.52 Å². The molecule has 9 nitrogen and oxygen atoms in total. The van der Waals surface area contributed by atoms with Crippen LogP contribution in [0, 0.1) is 19.7 Å². The molecule has 4 rings (SSSR count). The van der Waals surface area contributed by atoms with Crippen molar-refractivity contribution < 1.29 is 18.5 Å². The highest BCUT2D eigenvalue weighted by atomic mass is 19.1. The van der Waals surface area contributed by atoms with Crippen LogP contribution in [-0.4, -0.2) is 58.7 Å². The molecule has 10 heteroatoms. The summed E-state index contributed by atoms with van der Waals surface area (Å²) in [6, 6.07) is 10.6. The lowest BCUT2D eigenvalue weighted by molar-refractivity contribution is -0.145. The zero-order valence-corrected chi connectivity index (χ0v) is 22.5. The third-order valence-corrected chi connectivity index (χ3v) is 6.78. The molecule has 0 atom stereocenters. The molecule has 0 fully saturated rings. The van der Waals surface area contributed by atoms with E-state index >= 15 is 0 Å². The molecule has 1 aliphatic rings. The van der Waals surface area contributed by atoms with E-state index in [1.165, 1.54) is 11.1 Å². The van der Waals surface area contributed by atoms with Gasteiger partial charge in [-0.15, -0.1) is 0 Å². The number of likely N-dealkylation sites (N-methyl/N-ethyl adjacent to an activating group) is 1. The Morgan fingerprint density at radius 1 is 1.13 bits per heavy atom. The van der Waals surface area contributed by atoms with Crippen LogP contribution in [0.1, 0.15) is 48.8 Å². The maximum Gasteiger partial charge on any atom is 0.256 e. The minimum absolute atomic E-state index is 0.0181. The molecule has 0 unspecified atom stereocenters. The topological polar surface area (TPSA) is 94.8 Å². The number of rotatable bonds is 11. The molecule has 202 valence electrons. The molecule has 2 heterocycles. The Hall–Kier alpha value is -3.79. The average Bonchev–Trinajstić information content (AvgIpc) is 3.53. The fourth-order valence-electron chi connectivity index (χ4n) is 4.62. The van der Waals surface area contributed by atoms with Gasteiger partial charge in [0.05, 0.1) is 13.1 Å². The normalized spacial score (nSPS) is 12.9. The van der Waals surface area contributed by atoms with Crippen molar-refractivity contribution in [2.45, 2.75) is 53.1 Å². The van der Waals surface area contributed by atoms with Crippen LogP contribution >= 0.6 is 0 Å². The predicted molar refractivity (Wildman–Crippen MR) is 142 cm³/mol. The largest absolute Gasteiger partial charge is 0.355 e. The fraction of sp³-hybridized carbons (Fsp3) is 0.429. The van der Waals surface area contributed by atoms with E-state index in [0.717, 1.165) is 41.6 Å². The monoisotopic (exact) mass is 522 g/mol. The van der Waals surface area contributed by atoms with E-state index in [2.05, 4.69) is 22.4 Å². The third-order valence-electron chi connectivity index (χ3n) is 6.78. The molecule has 3 aromatic rings.